The molecular formula is C14H7F5N2O2. The van der Waals surface area contributed by atoms with E-state index in [1.165, 1.54) is 0 Å². The summed E-state index contributed by atoms with van der Waals surface area (Å²) >= 11 is 0. The lowest BCUT2D eigenvalue weighted by atomic mass is 10.2. The van der Waals surface area contributed by atoms with Crippen LogP contribution in [0.3, 0.4) is 0 Å². The summed E-state index contributed by atoms with van der Waals surface area (Å²) in [5.41, 5.74) is -0.982. The minimum Gasteiger partial charge on any atom is -0.318 e. The molecule has 0 saturated heterocycles. The molecule has 2 rings (SSSR count). The monoisotopic (exact) mass is 330 g/mol. The second kappa shape index (κ2) is 6.42. The highest BCUT2D eigenvalue weighted by atomic mass is 19.2. The van der Waals surface area contributed by atoms with Crippen LogP contribution in [-0.4, -0.2) is 11.8 Å². The Balaban J connectivity index is 2.10. The Bertz CT molecular complexity index is 795. The molecule has 0 aromatic heterocycles. The van der Waals surface area contributed by atoms with Crippen molar-refractivity contribution in [3.05, 3.63) is 59.4 Å². The van der Waals surface area contributed by atoms with E-state index in [2.05, 4.69) is 0 Å². The fraction of sp³-hybridized carbons (Fsp3) is 0. The van der Waals surface area contributed by atoms with Gasteiger partial charge in [0, 0.05) is 11.8 Å². The largest absolute Gasteiger partial charge is 0.318 e. The van der Waals surface area contributed by atoms with Crippen molar-refractivity contribution in [2.75, 3.05) is 10.6 Å². The van der Waals surface area contributed by atoms with E-state index in [9.17, 15) is 31.5 Å². The van der Waals surface area contributed by atoms with Gasteiger partial charge in [0.05, 0.1) is 5.69 Å². The van der Waals surface area contributed by atoms with Crippen LogP contribution in [-0.2, 0) is 9.59 Å². The number of hydrogen-bond donors (Lipinski definition) is 2. The van der Waals surface area contributed by atoms with Crippen LogP contribution in [0.5, 0.6) is 0 Å². The van der Waals surface area contributed by atoms with Crippen LogP contribution >= 0.6 is 0 Å². The zero-order valence-electron chi connectivity index (χ0n) is 11.1. The van der Waals surface area contributed by atoms with Crippen molar-refractivity contribution in [2.45, 2.75) is 0 Å². The van der Waals surface area contributed by atoms with Crippen molar-refractivity contribution < 1.29 is 31.5 Å². The first-order valence-corrected chi connectivity index (χ1v) is 6.00. The van der Waals surface area contributed by atoms with E-state index in [0.29, 0.717) is 12.1 Å². The van der Waals surface area contributed by atoms with E-state index >= 15 is 0 Å². The molecule has 2 aromatic rings. The molecule has 0 radical (unpaired) electrons. The molecule has 120 valence electrons. The number of carbonyl (C=O) groups is 2. The van der Waals surface area contributed by atoms with Gasteiger partial charge < -0.3 is 10.6 Å². The zero-order valence-corrected chi connectivity index (χ0v) is 11.1. The lowest BCUT2D eigenvalue weighted by Gasteiger charge is -2.08. The number of anilines is 2. The Hall–Kier alpha value is -2.97. The average molecular weight is 330 g/mol. The van der Waals surface area contributed by atoms with Gasteiger partial charge in [0.25, 0.3) is 0 Å². The molecule has 0 bridgehead atoms. The van der Waals surface area contributed by atoms with Gasteiger partial charge in [0.1, 0.15) is 0 Å². The summed E-state index contributed by atoms with van der Waals surface area (Å²) < 4.78 is 64.8. The first kappa shape index (κ1) is 16.4. The Morgan fingerprint density at radius 2 is 1.30 bits per heavy atom. The van der Waals surface area contributed by atoms with Gasteiger partial charge in [-0.25, -0.2) is 22.0 Å². The Kier molecular flexibility index (Phi) is 4.58. The van der Waals surface area contributed by atoms with Crippen LogP contribution in [0.4, 0.5) is 33.3 Å². The summed E-state index contributed by atoms with van der Waals surface area (Å²) in [7, 11) is 0. The Morgan fingerprint density at radius 3 is 1.96 bits per heavy atom. The standard InChI is InChI=1S/C14H7F5N2O2/c15-7-2-1-6(5-9(7)17)20-13(22)14(23)21-10-4-3-8(16)11(18)12(10)19/h1-5H,(H,20,22)(H,21,23). The molecule has 23 heavy (non-hydrogen) atoms. The van der Waals surface area contributed by atoms with Crippen LogP contribution in [0.2, 0.25) is 0 Å². The molecule has 0 aliphatic heterocycles. The van der Waals surface area contributed by atoms with Gasteiger partial charge in [0.2, 0.25) is 0 Å². The molecule has 2 N–H and O–H groups in total. The molecule has 0 saturated carbocycles. The van der Waals surface area contributed by atoms with E-state index in [0.717, 1.165) is 18.2 Å². The number of amides is 2. The number of hydrogen-bond acceptors (Lipinski definition) is 2. The Labute approximate surface area is 125 Å². The summed E-state index contributed by atoms with van der Waals surface area (Å²) in [6, 6.07) is 3.61. The number of nitrogens with one attached hydrogen (secondary N) is 2. The number of benzene rings is 2. The van der Waals surface area contributed by atoms with Gasteiger partial charge in [-0.15, -0.1) is 0 Å². The van der Waals surface area contributed by atoms with Crippen molar-refractivity contribution in [1.82, 2.24) is 0 Å². The third kappa shape index (κ3) is 3.62. The second-order valence-electron chi connectivity index (χ2n) is 4.26. The highest BCUT2D eigenvalue weighted by molar-refractivity contribution is 6.43. The molecule has 0 unspecified atom stereocenters. The van der Waals surface area contributed by atoms with Crippen LogP contribution < -0.4 is 10.6 Å². The molecule has 4 nitrogen and oxygen atoms in total. The van der Waals surface area contributed by atoms with Gasteiger partial charge in [0.15, 0.2) is 29.1 Å². The molecule has 2 aromatic carbocycles. The zero-order chi connectivity index (χ0) is 17.1. The topological polar surface area (TPSA) is 58.2 Å². The highest BCUT2D eigenvalue weighted by Gasteiger charge is 2.19. The molecule has 9 heteroatoms. The fourth-order valence-corrected chi connectivity index (χ4v) is 1.56. The molecule has 0 fully saturated rings. The van der Waals surface area contributed by atoms with Crippen molar-refractivity contribution in [3.63, 3.8) is 0 Å². The molecule has 0 spiro atoms. The van der Waals surface area contributed by atoms with Crippen molar-refractivity contribution in [3.8, 4) is 0 Å². The number of halogens is 5. The normalized spacial score (nSPS) is 10.3. The van der Waals surface area contributed by atoms with Crippen molar-refractivity contribution in [1.29, 1.82) is 0 Å². The smallest absolute Gasteiger partial charge is 0.314 e. The summed E-state index contributed by atoms with van der Waals surface area (Å²) in [5, 5.41) is 3.65. The van der Waals surface area contributed by atoms with E-state index in [1.54, 1.807) is 5.32 Å². The van der Waals surface area contributed by atoms with Crippen molar-refractivity contribution in [2.24, 2.45) is 0 Å². The lowest BCUT2D eigenvalue weighted by Crippen LogP contribution is -2.29. The predicted octanol–water partition coefficient (Wildman–Crippen LogP) is 2.96. The summed E-state index contributed by atoms with van der Waals surface area (Å²) in [5.74, 6) is -10.1. The molecule has 0 aliphatic rings. The first-order chi connectivity index (χ1) is 10.8. The van der Waals surface area contributed by atoms with Gasteiger partial charge >= 0.3 is 11.8 Å². The summed E-state index contributed by atoms with van der Waals surface area (Å²) in [4.78, 5) is 23.1. The van der Waals surface area contributed by atoms with E-state index < -0.39 is 46.6 Å². The number of rotatable bonds is 2. The van der Waals surface area contributed by atoms with Crippen LogP contribution in [0, 0.1) is 29.1 Å². The van der Waals surface area contributed by atoms with Crippen LogP contribution in [0.15, 0.2) is 30.3 Å². The highest BCUT2D eigenvalue weighted by Crippen LogP contribution is 2.19. The van der Waals surface area contributed by atoms with Crippen molar-refractivity contribution >= 4 is 23.2 Å². The maximum Gasteiger partial charge on any atom is 0.314 e. The molecular weight excluding hydrogens is 323 g/mol. The van der Waals surface area contributed by atoms with Gasteiger partial charge in [-0.05, 0) is 24.3 Å². The van der Waals surface area contributed by atoms with E-state index in [-0.39, 0.29) is 5.69 Å². The quantitative estimate of drug-likeness (QED) is 0.505. The van der Waals surface area contributed by atoms with Crippen LogP contribution in [0.1, 0.15) is 0 Å². The number of carbonyl (C=O) groups excluding carboxylic acids is 2. The molecule has 0 aliphatic carbocycles. The molecule has 2 amide bonds. The minimum atomic E-state index is -1.82. The molecule has 0 atom stereocenters. The fourth-order valence-electron chi connectivity index (χ4n) is 1.56. The summed E-state index contributed by atoms with van der Waals surface area (Å²) in [6.45, 7) is 0. The maximum atomic E-state index is 13.4. The average Bonchev–Trinajstić information content (AvgIpc) is 2.51. The summed E-state index contributed by atoms with van der Waals surface area (Å²) in [6.07, 6.45) is 0. The lowest BCUT2D eigenvalue weighted by molar-refractivity contribution is -0.133. The molecule has 0 heterocycles. The SMILES string of the molecule is O=C(Nc1ccc(F)c(F)c1)C(=O)Nc1ccc(F)c(F)c1F. The van der Waals surface area contributed by atoms with Crippen LogP contribution in [0.25, 0.3) is 0 Å². The maximum absolute atomic E-state index is 13.4. The van der Waals surface area contributed by atoms with Gasteiger partial charge in [-0.3, -0.25) is 9.59 Å². The van der Waals surface area contributed by atoms with E-state index in [1.807, 2.05) is 5.32 Å². The van der Waals surface area contributed by atoms with Gasteiger partial charge in [-0.2, -0.15) is 0 Å². The van der Waals surface area contributed by atoms with E-state index in [4.69, 9.17) is 0 Å². The first-order valence-electron chi connectivity index (χ1n) is 6.00. The minimum absolute atomic E-state index is 0.227. The third-order valence-corrected chi connectivity index (χ3v) is 2.67. The van der Waals surface area contributed by atoms with Gasteiger partial charge in [-0.1, -0.05) is 0 Å². The Morgan fingerprint density at radius 1 is 0.696 bits per heavy atom. The third-order valence-electron chi connectivity index (χ3n) is 2.67. The predicted molar refractivity (Wildman–Crippen MR) is 69.9 cm³/mol. The second-order valence-corrected chi connectivity index (χ2v) is 4.26.